The average molecular weight is 516 g/mol. The van der Waals surface area contributed by atoms with Crippen molar-refractivity contribution in [2.24, 2.45) is 0 Å². The molecule has 0 aliphatic carbocycles. The molecule has 2 aromatic carbocycles. The van der Waals surface area contributed by atoms with Crippen LogP contribution in [0.4, 0.5) is 0 Å². The minimum Gasteiger partial charge on any atom is -0.496 e. The van der Waals surface area contributed by atoms with Gasteiger partial charge < -0.3 is 24.1 Å². The Labute approximate surface area is 197 Å². The number of rotatable bonds is 12. The van der Waals surface area contributed by atoms with E-state index in [0.29, 0.717) is 22.8 Å². The first-order valence-corrected chi connectivity index (χ1v) is 12.8. The molecule has 2 rings (SSSR count). The molecule has 186 valence electrons. The van der Waals surface area contributed by atoms with Crippen LogP contribution in [0.3, 0.4) is 0 Å². The Kier molecular flexibility index (Phi) is 8.90. The maximum atomic E-state index is 12.8. The fraction of sp³-hybridized carbons (Fsp3) is 0.286. The number of carbonyl (C=O) groups is 1. The molecule has 2 aromatic rings. The molecule has 0 aliphatic rings. The van der Waals surface area contributed by atoms with Crippen LogP contribution in [0.25, 0.3) is 6.08 Å². The van der Waals surface area contributed by atoms with Gasteiger partial charge in [0.2, 0.25) is 10.0 Å². The molecular weight excluding hydrogens is 490 g/mol. The monoisotopic (exact) mass is 515 g/mol. The zero-order chi connectivity index (χ0) is 25.5. The molecule has 0 unspecified atom stereocenters. The summed E-state index contributed by atoms with van der Waals surface area (Å²) in [5, 5.41) is 9.70. The van der Waals surface area contributed by atoms with E-state index in [1.54, 1.807) is 12.1 Å². The summed E-state index contributed by atoms with van der Waals surface area (Å²) in [6, 6.07) is 6.94. The molecule has 0 atom stereocenters. The van der Waals surface area contributed by atoms with Crippen molar-refractivity contribution in [1.82, 2.24) is 4.72 Å². The topological polar surface area (TPSA) is 155 Å². The second kappa shape index (κ2) is 11.2. The van der Waals surface area contributed by atoms with Crippen LogP contribution in [0.2, 0.25) is 0 Å². The first kappa shape index (κ1) is 27.0. The summed E-state index contributed by atoms with van der Waals surface area (Å²) in [6.07, 6.45) is 1.31. The third-order valence-electron chi connectivity index (χ3n) is 4.49. The van der Waals surface area contributed by atoms with Crippen molar-refractivity contribution in [3.8, 4) is 23.0 Å². The van der Waals surface area contributed by atoms with Crippen molar-refractivity contribution in [2.45, 2.75) is 10.6 Å². The lowest BCUT2D eigenvalue weighted by molar-refractivity contribution is -0.135. The summed E-state index contributed by atoms with van der Waals surface area (Å²) >= 11 is 0. The summed E-state index contributed by atoms with van der Waals surface area (Å²) in [5.74, 6) is -0.874. The van der Waals surface area contributed by atoms with E-state index in [-0.39, 0.29) is 16.2 Å². The average Bonchev–Trinajstić information content (AvgIpc) is 2.80. The number of hydrogen-bond donors (Lipinski definition) is 2. The van der Waals surface area contributed by atoms with Gasteiger partial charge in [-0.25, -0.2) is 16.8 Å². The fourth-order valence-electron chi connectivity index (χ4n) is 2.90. The number of carboxylic acid groups (broad SMARTS) is 1. The van der Waals surface area contributed by atoms with Gasteiger partial charge in [-0.15, -0.1) is 0 Å². The second-order valence-corrected chi connectivity index (χ2v) is 10.4. The molecule has 0 saturated heterocycles. The summed E-state index contributed by atoms with van der Waals surface area (Å²) in [6.45, 7) is -0.845. The van der Waals surface area contributed by atoms with Crippen LogP contribution in [-0.4, -0.2) is 62.9 Å². The molecule has 0 fully saturated rings. The van der Waals surface area contributed by atoms with Crippen molar-refractivity contribution < 1.29 is 45.7 Å². The molecule has 0 radical (unpaired) electrons. The highest BCUT2D eigenvalue weighted by Crippen LogP contribution is 2.35. The molecule has 0 amide bonds. The van der Waals surface area contributed by atoms with Gasteiger partial charge in [0.25, 0.3) is 0 Å². The first-order chi connectivity index (χ1) is 16.0. The SMILES string of the molecule is COc1cc(OC)c(C=CS(=O)(=O)Cc2ccc(OC)c(S(=O)(=O)NCC(=O)O)c2)c(OC)c1. The van der Waals surface area contributed by atoms with Crippen molar-refractivity contribution >= 4 is 31.9 Å². The molecular formula is C21H25NO10S2. The van der Waals surface area contributed by atoms with E-state index in [1.807, 2.05) is 4.72 Å². The number of sulfone groups is 1. The summed E-state index contributed by atoms with van der Waals surface area (Å²) < 4.78 is 73.2. The van der Waals surface area contributed by atoms with E-state index in [2.05, 4.69) is 0 Å². The van der Waals surface area contributed by atoms with Gasteiger partial charge in [0, 0.05) is 17.5 Å². The maximum absolute atomic E-state index is 12.8. The third-order valence-corrected chi connectivity index (χ3v) is 7.20. The predicted molar refractivity (Wildman–Crippen MR) is 124 cm³/mol. The number of aliphatic carboxylic acids is 1. The summed E-state index contributed by atoms with van der Waals surface area (Å²) in [5.41, 5.74) is 0.514. The maximum Gasteiger partial charge on any atom is 0.318 e. The zero-order valence-electron chi connectivity index (χ0n) is 18.9. The number of carboxylic acids is 1. The molecule has 0 spiro atoms. The summed E-state index contributed by atoms with van der Waals surface area (Å²) in [4.78, 5) is 10.3. The number of sulfonamides is 1. The highest BCUT2D eigenvalue weighted by atomic mass is 32.2. The van der Waals surface area contributed by atoms with E-state index < -0.39 is 38.1 Å². The highest BCUT2D eigenvalue weighted by molar-refractivity contribution is 7.93. The zero-order valence-corrected chi connectivity index (χ0v) is 20.5. The van der Waals surface area contributed by atoms with Crippen LogP contribution in [0.15, 0.2) is 40.6 Å². The van der Waals surface area contributed by atoms with Crippen LogP contribution in [0, 0.1) is 0 Å². The Balaban J connectivity index is 2.39. The minimum atomic E-state index is -4.27. The van der Waals surface area contributed by atoms with Crippen molar-refractivity contribution in [3.05, 3.63) is 46.9 Å². The Hall–Kier alpha value is -3.29. The first-order valence-electron chi connectivity index (χ1n) is 9.55. The van der Waals surface area contributed by atoms with Crippen molar-refractivity contribution in [3.63, 3.8) is 0 Å². The van der Waals surface area contributed by atoms with Gasteiger partial charge in [-0.05, 0) is 23.8 Å². The molecule has 2 N–H and O–H groups in total. The Bertz CT molecular complexity index is 1260. The van der Waals surface area contributed by atoms with Crippen LogP contribution in [-0.2, 0) is 30.4 Å². The number of nitrogens with one attached hydrogen (secondary N) is 1. The number of benzene rings is 2. The lowest BCUT2D eigenvalue weighted by Crippen LogP contribution is -2.29. The fourth-order valence-corrected chi connectivity index (χ4v) is 5.18. The molecule has 0 aromatic heterocycles. The van der Waals surface area contributed by atoms with Crippen LogP contribution in [0.5, 0.6) is 23.0 Å². The Morgan fingerprint density at radius 2 is 1.50 bits per heavy atom. The van der Waals surface area contributed by atoms with E-state index in [1.165, 1.54) is 46.6 Å². The predicted octanol–water partition coefficient (Wildman–Crippen LogP) is 1.67. The standard InChI is InChI=1S/C21H25NO10S2/c1-29-15-10-18(31-3)16(19(11-15)32-4)7-8-33(25,26)13-14-5-6-17(30-2)20(9-14)34(27,28)22-12-21(23)24/h5-11,22H,12-13H2,1-4H3,(H,23,24). The van der Waals surface area contributed by atoms with Gasteiger partial charge in [-0.2, -0.15) is 4.72 Å². The largest absolute Gasteiger partial charge is 0.496 e. The van der Waals surface area contributed by atoms with Gasteiger partial charge in [-0.3, -0.25) is 4.79 Å². The summed E-state index contributed by atoms with van der Waals surface area (Å²) in [7, 11) is -2.62. The van der Waals surface area contributed by atoms with Crippen LogP contribution >= 0.6 is 0 Å². The minimum absolute atomic E-state index is 0.0673. The quantitative estimate of drug-likeness (QED) is 0.426. The molecule has 11 nitrogen and oxygen atoms in total. The van der Waals surface area contributed by atoms with E-state index in [0.717, 1.165) is 11.5 Å². The Morgan fingerprint density at radius 1 is 0.912 bits per heavy atom. The van der Waals surface area contributed by atoms with Gasteiger partial charge in [0.05, 0.1) is 39.8 Å². The molecule has 13 heteroatoms. The second-order valence-electron chi connectivity index (χ2n) is 6.76. The lowest BCUT2D eigenvalue weighted by atomic mass is 10.1. The van der Waals surface area contributed by atoms with Gasteiger partial charge in [0.1, 0.15) is 34.4 Å². The van der Waals surface area contributed by atoms with E-state index in [4.69, 9.17) is 24.1 Å². The van der Waals surface area contributed by atoms with Gasteiger partial charge in [-0.1, -0.05) is 6.07 Å². The molecule has 0 bridgehead atoms. The van der Waals surface area contributed by atoms with Gasteiger partial charge >= 0.3 is 5.97 Å². The number of hydrogen-bond acceptors (Lipinski definition) is 9. The van der Waals surface area contributed by atoms with Crippen molar-refractivity contribution in [2.75, 3.05) is 35.0 Å². The Morgan fingerprint density at radius 3 is 2.00 bits per heavy atom. The molecule has 34 heavy (non-hydrogen) atoms. The number of ether oxygens (including phenoxy) is 4. The molecule has 0 heterocycles. The highest BCUT2D eigenvalue weighted by Gasteiger charge is 2.22. The normalized spacial score (nSPS) is 11.9. The van der Waals surface area contributed by atoms with Crippen molar-refractivity contribution in [1.29, 1.82) is 0 Å². The van der Waals surface area contributed by atoms with Crippen LogP contribution in [0.1, 0.15) is 11.1 Å². The molecule has 0 saturated carbocycles. The lowest BCUT2D eigenvalue weighted by Gasteiger charge is -2.13. The van der Waals surface area contributed by atoms with Gasteiger partial charge in [0.15, 0.2) is 9.84 Å². The molecule has 0 aliphatic heterocycles. The number of methoxy groups -OCH3 is 4. The van der Waals surface area contributed by atoms with E-state index in [9.17, 15) is 21.6 Å². The van der Waals surface area contributed by atoms with E-state index >= 15 is 0 Å². The van der Waals surface area contributed by atoms with Crippen LogP contribution < -0.4 is 23.7 Å². The smallest absolute Gasteiger partial charge is 0.318 e. The third kappa shape index (κ3) is 6.85.